The normalized spacial score (nSPS) is 17.9. The van der Waals surface area contributed by atoms with Crippen molar-refractivity contribution in [2.75, 3.05) is 5.32 Å². The second-order valence-electron chi connectivity index (χ2n) is 7.59. The second-order valence-corrected chi connectivity index (χ2v) is 7.59. The van der Waals surface area contributed by atoms with Gasteiger partial charge in [0.05, 0.1) is 0 Å². The van der Waals surface area contributed by atoms with Crippen molar-refractivity contribution < 1.29 is 0 Å². The predicted molar refractivity (Wildman–Crippen MR) is 99.0 cm³/mol. The second kappa shape index (κ2) is 6.76. The Hall–Kier alpha value is -1.80. The third-order valence-corrected chi connectivity index (χ3v) is 5.20. The van der Waals surface area contributed by atoms with E-state index in [1.54, 1.807) is 0 Å². The molecule has 122 valence electrons. The molecule has 0 spiro atoms. The van der Waals surface area contributed by atoms with E-state index in [2.05, 4.69) is 67.7 Å². The zero-order chi connectivity index (χ0) is 16.3. The van der Waals surface area contributed by atoms with Gasteiger partial charge in [-0.2, -0.15) is 0 Å². The van der Waals surface area contributed by atoms with Crippen LogP contribution in [-0.4, -0.2) is 0 Å². The van der Waals surface area contributed by atoms with Gasteiger partial charge in [-0.3, -0.25) is 0 Å². The molecule has 0 atom stereocenters. The van der Waals surface area contributed by atoms with Crippen LogP contribution in [0.5, 0.6) is 0 Å². The molecule has 23 heavy (non-hydrogen) atoms. The SMILES string of the molecule is CC1(C)CCC(c2ccc(Nc3ccc(CN)cc3)cc2)CC1. The maximum atomic E-state index is 5.64. The molecule has 1 fully saturated rings. The molecule has 3 N–H and O–H groups in total. The summed E-state index contributed by atoms with van der Waals surface area (Å²) in [6.45, 7) is 5.38. The minimum atomic E-state index is 0.535. The smallest absolute Gasteiger partial charge is 0.0384 e. The molecule has 0 aromatic heterocycles. The Morgan fingerprint density at radius 1 is 0.913 bits per heavy atom. The summed E-state index contributed by atoms with van der Waals surface area (Å²) >= 11 is 0. The van der Waals surface area contributed by atoms with E-state index < -0.39 is 0 Å². The van der Waals surface area contributed by atoms with E-state index >= 15 is 0 Å². The van der Waals surface area contributed by atoms with Crippen LogP contribution in [0.3, 0.4) is 0 Å². The zero-order valence-electron chi connectivity index (χ0n) is 14.3. The fraction of sp³-hybridized carbons (Fsp3) is 0.429. The third kappa shape index (κ3) is 4.14. The molecule has 0 aliphatic heterocycles. The summed E-state index contributed by atoms with van der Waals surface area (Å²) in [7, 11) is 0. The van der Waals surface area contributed by atoms with Crippen LogP contribution in [0.2, 0.25) is 0 Å². The van der Waals surface area contributed by atoms with E-state index in [4.69, 9.17) is 5.73 Å². The molecule has 0 radical (unpaired) electrons. The van der Waals surface area contributed by atoms with Gasteiger partial charge in [0.1, 0.15) is 0 Å². The molecule has 2 nitrogen and oxygen atoms in total. The topological polar surface area (TPSA) is 38.0 Å². The minimum Gasteiger partial charge on any atom is -0.356 e. The number of nitrogens with two attached hydrogens (primary N) is 1. The van der Waals surface area contributed by atoms with Crippen LogP contribution in [0.1, 0.15) is 56.6 Å². The molecular weight excluding hydrogens is 280 g/mol. The predicted octanol–water partition coefficient (Wildman–Crippen LogP) is 5.57. The largest absolute Gasteiger partial charge is 0.356 e. The number of hydrogen-bond donors (Lipinski definition) is 2. The Morgan fingerprint density at radius 2 is 1.43 bits per heavy atom. The van der Waals surface area contributed by atoms with E-state index in [9.17, 15) is 0 Å². The maximum Gasteiger partial charge on any atom is 0.0384 e. The van der Waals surface area contributed by atoms with Crippen LogP contribution >= 0.6 is 0 Å². The van der Waals surface area contributed by atoms with E-state index in [-0.39, 0.29) is 0 Å². The maximum absolute atomic E-state index is 5.64. The molecule has 2 aromatic rings. The highest BCUT2D eigenvalue weighted by atomic mass is 14.9. The Morgan fingerprint density at radius 3 is 1.96 bits per heavy atom. The van der Waals surface area contributed by atoms with Gasteiger partial charge in [-0.15, -0.1) is 0 Å². The van der Waals surface area contributed by atoms with Gasteiger partial charge < -0.3 is 11.1 Å². The van der Waals surface area contributed by atoms with Gasteiger partial charge >= 0.3 is 0 Å². The first-order valence-electron chi connectivity index (χ1n) is 8.72. The Kier molecular flexibility index (Phi) is 4.72. The highest BCUT2D eigenvalue weighted by Gasteiger charge is 2.27. The van der Waals surface area contributed by atoms with Gasteiger partial charge in [-0.05, 0) is 72.4 Å². The van der Waals surface area contributed by atoms with Crippen LogP contribution in [0, 0.1) is 5.41 Å². The van der Waals surface area contributed by atoms with Gasteiger partial charge in [0, 0.05) is 17.9 Å². The van der Waals surface area contributed by atoms with Crippen LogP contribution in [-0.2, 0) is 6.54 Å². The fourth-order valence-corrected chi connectivity index (χ4v) is 3.46. The lowest BCUT2D eigenvalue weighted by Crippen LogP contribution is -2.20. The molecule has 2 aromatic carbocycles. The molecule has 1 aliphatic carbocycles. The van der Waals surface area contributed by atoms with Gasteiger partial charge in [0.25, 0.3) is 0 Å². The van der Waals surface area contributed by atoms with Crippen molar-refractivity contribution in [2.24, 2.45) is 11.1 Å². The Balaban J connectivity index is 1.62. The first kappa shape index (κ1) is 16.1. The highest BCUT2D eigenvalue weighted by molar-refractivity contribution is 5.60. The van der Waals surface area contributed by atoms with Crippen molar-refractivity contribution in [1.29, 1.82) is 0 Å². The van der Waals surface area contributed by atoms with E-state index in [1.165, 1.54) is 31.2 Å². The van der Waals surface area contributed by atoms with Gasteiger partial charge in [-0.1, -0.05) is 38.1 Å². The molecule has 2 heteroatoms. The molecule has 1 aliphatic rings. The van der Waals surface area contributed by atoms with Gasteiger partial charge in [-0.25, -0.2) is 0 Å². The van der Waals surface area contributed by atoms with Crippen LogP contribution in [0.25, 0.3) is 0 Å². The van der Waals surface area contributed by atoms with E-state index in [0.717, 1.165) is 22.9 Å². The van der Waals surface area contributed by atoms with E-state index in [1.807, 2.05) is 0 Å². The van der Waals surface area contributed by atoms with Crippen molar-refractivity contribution in [2.45, 2.75) is 52.0 Å². The molecule has 3 rings (SSSR count). The summed E-state index contributed by atoms with van der Waals surface area (Å²) in [5.41, 5.74) is 11.1. The van der Waals surface area contributed by atoms with Crippen molar-refractivity contribution >= 4 is 11.4 Å². The molecule has 0 heterocycles. The molecule has 1 saturated carbocycles. The fourth-order valence-electron chi connectivity index (χ4n) is 3.46. The monoisotopic (exact) mass is 308 g/mol. The number of rotatable bonds is 4. The summed E-state index contributed by atoms with van der Waals surface area (Å²) in [6, 6.07) is 17.3. The lowest BCUT2D eigenvalue weighted by atomic mass is 9.71. The molecule has 0 unspecified atom stereocenters. The quantitative estimate of drug-likeness (QED) is 0.774. The summed E-state index contributed by atoms with van der Waals surface area (Å²) in [5, 5.41) is 3.46. The minimum absolute atomic E-state index is 0.535. The summed E-state index contributed by atoms with van der Waals surface area (Å²) in [5.74, 6) is 0.737. The first-order chi connectivity index (χ1) is 11.1. The van der Waals surface area contributed by atoms with Crippen LogP contribution in [0.15, 0.2) is 48.5 Å². The highest BCUT2D eigenvalue weighted by Crippen LogP contribution is 2.42. The summed E-state index contributed by atoms with van der Waals surface area (Å²) in [6.07, 6.45) is 5.32. The Labute approximate surface area is 140 Å². The Bertz CT molecular complexity index is 616. The van der Waals surface area contributed by atoms with Crippen LogP contribution < -0.4 is 11.1 Å². The number of benzene rings is 2. The molecule has 0 amide bonds. The first-order valence-corrected chi connectivity index (χ1v) is 8.72. The van der Waals surface area contributed by atoms with Gasteiger partial charge in [0.2, 0.25) is 0 Å². The number of hydrogen-bond acceptors (Lipinski definition) is 2. The lowest BCUT2D eigenvalue weighted by Gasteiger charge is -2.34. The van der Waals surface area contributed by atoms with Crippen molar-refractivity contribution in [3.05, 3.63) is 59.7 Å². The standard InChI is InChI=1S/C21H28N2/c1-21(2)13-11-18(12-14-21)17-5-9-20(10-6-17)23-19-7-3-16(15-22)4-8-19/h3-10,18,23H,11-15,22H2,1-2H3. The molecule has 0 saturated heterocycles. The third-order valence-electron chi connectivity index (χ3n) is 5.20. The lowest BCUT2D eigenvalue weighted by molar-refractivity contribution is 0.224. The summed E-state index contributed by atoms with van der Waals surface area (Å²) < 4.78 is 0. The van der Waals surface area contributed by atoms with Crippen LogP contribution in [0.4, 0.5) is 11.4 Å². The number of nitrogens with one attached hydrogen (secondary N) is 1. The van der Waals surface area contributed by atoms with Gasteiger partial charge in [0.15, 0.2) is 0 Å². The van der Waals surface area contributed by atoms with Crippen molar-refractivity contribution in [1.82, 2.24) is 0 Å². The zero-order valence-corrected chi connectivity index (χ0v) is 14.3. The molecule has 0 bridgehead atoms. The van der Waals surface area contributed by atoms with Crippen molar-refractivity contribution in [3.8, 4) is 0 Å². The summed E-state index contributed by atoms with van der Waals surface area (Å²) in [4.78, 5) is 0. The average molecular weight is 308 g/mol. The average Bonchev–Trinajstić information content (AvgIpc) is 2.56. The van der Waals surface area contributed by atoms with Crippen molar-refractivity contribution in [3.63, 3.8) is 0 Å². The molecular formula is C21H28N2. The van der Waals surface area contributed by atoms with E-state index in [0.29, 0.717) is 12.0 Å². The number of anilines is 2.